The van der Waals surface area contributed by atoms with Crippen molar-refractivity contribution in [1.29, 1.82) is 0 Å². The first kappa shape index (κ1) is 14.1. The lowest BCUT2D eigenvalue weighted by molar-refractivity contribution is 0.316. The second-order valence-electron chi connectivity index (χ2n) is 3.72. The lowest BCUT2D eigenvalue weighted by Crippen LogP contribution is -2.12. The van der Waals surface area contributed by atoms with Crippen molar-refractivity contribution < 1.29 is 18.4 Å². The molecule has 0 aliphatic carbocycles. The Hall–Kier alpha value is -1.92. The van der Waals surface area contributed by atoms with E-state index in [0.29, 0.717) is 37.9 Å². The van der Waals surface area contributed by atoms with Crippen LogP contribution in [0.15, 0.2) is 17.3 Å². The number of benzene rings is 1. The minimum absolute atomic E-state index is 0.106. The Morgan fingerprint density at radius 2 is 1.83 bits per heavy atom. The number of hydrogen-bond acceptors (Lipinski definition) is 3. The van der Waals surface area contributed by atoms with Crippen molar-refractivity contribution in [3.8, 4) is 0 Å². The summed E-state index contributed by atoms with van der Waals surface area (Å²) in [6.45, 7) is 0.304. The summed E-state index contributed by atoms with van der Waals surface area (Å²) in [4.78, 5) is 0. The molecule has 0 aliphatic heterocycles. The third kappa shape index (κ3) is 4.15. The van der Waals surface area contributed by atoms with E-state index in [1.54, 1.807) is 0 Å². The van der Waals surface area contributed by atoms with Gasteiger partial charge in [-0.3, -0.25) is 0 Å². The number of amidine groups is 1. The molecule has 0 amide bonds. The predicted octanol–water partition coefficient (Wildman–Crippen LogP) is 2.43. The van der Waals surface area contributed by atoms with Gasteiger partial charge in [-0.15, -0.1) is 0 Å². The van der Waals surface area contributed by atoms with Gasteiger partial charge in [-0.1, -0.05) is 5.16 Å². The second kappa shape index (κ2) is 6.73. The average molecular weight is 261 g/mol. The van der Waals surface area contributed by atoms with E-state index in [4.69, 9.17) is 10.9 Å². The first-order valence-corrected chi connectivity index (χ1v) is 5.39. The van der Waals surface area contributed by atoms with Gasteiger partial charge in [-0.2, -0.15) is 0 Å². The van der Waals surface area contributed by atoms with Gasteiger partial charge < -0.3 is 16.3 Å². The van der Waals surface area contributed by atoms with Crippen molar-refractivity contribution in [3.63, 3.8) is 0 Å². The highest BCUT2D eigenvalue weighted by Gasteiger charge is 2.10. The summed E-state index contributed by atoms with van der Waals surface area (Å²) < 4.78 is 39.0. The molecule has 18 heavy (non-hydrogen) atoms. The Balaban J connectivity index is 2.40. The van der Waals surface area contributed by atoms with Gasteiger partial charge in [0.05, 0.1) is 0 Å². The number of nitrogens with zero attached hydrogens (tertiary/aromatic N) is 1. The molecule has 0 saturated heterocycles. The zero-order valence-electron chi connectivity index (χ0n) is 9.59. The number of unbranched alkanes of at least 4 members (excludes halogenated alkanes) is 1. The molecule has 0 aromatic heterocycles. The molecule has 1 aromatic rings. The highest BCUT2D eigenvalue weighted by molar-refractivity contribution is 5.79. The van der Waals surface area contributed by atoms with Crippen molar-refractivity contribution in [2.45, 2.75) is 19.3 Å². The Morgan fingerprint density at radius 1 is 1.22 bits per heavy atom. The van der Waals surface area contributed by atoms with Crippen LogP contribution in [-0.2, 0) is 0 Å². The molecule has 1 rings (SSSR count). The Kier molecular flexibility index (Phi) is 5.29. The lowest BCUT2D eigenvalue weighted by atomic mass is 10.2. The quantitative estimate of drug-likeness (QED) is 0.242. The molecular formula is C11H14F3N3O. The molecule has 1 aromatic carbocycles. The molecule has 4 nitrogen and oxygen atoms in total. The monoisotopic (exact) mass is 261 g/mol. The predicted molar refractivity (Wildman–Crippen MR) is 62.1 cm³/mol. The topological polar surface area (TPSA) is 70.6 Å². The molecule has 0 saturated carbocycles. The molecule has 100 valence electrons. The zero-order valence-corrected chi connectivity index (χ0v) is 9.59. The lowest BCUT2D eigenvalue weighted by Gasteiger charge is -2.08. The maximum atomic E-state index is 13.2. The third-order valence-corrected chi connectivity index (χ3v) is 2.30. The van der Waals surface area contributed by atoms with Crippen LogP contribution in [0.2, 0.25) is 0 Å². The summed E-state index contributed by atoms with van der Waals surface area (Å²) in [6.07, 6.45) is 1.58. The fourth-order valence-corrected chi connectivity index (χ4v) is 1.41. The highest BCUT2D eigenvalue weighted by Crippen LogP contribution is 2.20. The van der Waals surface area contributed by atoms with E-state index in [2.05, 4.69) is 10.5 Å². The zero-order chi connectivity index (χ0) is 13.5. The molecule has 0 atom stereocenters. The van der Waals surface area contributed by atoms with Crippen LogP contribution in [-0.4, -0.2) is 17.6 Å². The largest absolute Gasteiger partial charge is 0.409 e. The number of halogens is 3. The highest BCUT2D eigenvalue weighted by atomic mass is 19.1. The number of oxime groups is 1. The van der Waals surface area contributed by atoms with Gasteiger partial charge >= 0.3 is 0 Å². The van der Waals surface area contributed by atoms with Gasteiger partial charge in [0.15, 0.2) is 11.6 Å². The minimum atomic E-state index is -0.969. The Bertz CT molecular complexity index is 415. The van der Waals surface area contributed by atoms with E-state index >= 15 is 0 Å². The molecule has 0 unspecified atom stereocenters. The van der Waals surface area contributed by atoms with Crippen LogP contribution in [0.5, 0.6) is 0 Å². The van der Waals surface area contributed by atoms with Crippen LogP contribution in [0.1, 0.15) is 19.3 Å². The van der Waals surface area contributed by atoms with Crippen molar-refractivity contribution in [2.75, 3.05) is 11.9 Å². The first-order valence-electron chi connectivity index (χ1n) is 5.39. The number of nitrogens with two attached hydrogens (primary N) is 1. The molecular weight excluding hydrogens is 247 g/mol. The fraction of sp³-hybridized carbons (Fsp3) is 0.364. The van der Waals surface area contributed by atoms with Crippen molar-refractivity contribution in [2.24, 2.45) is 10.9 Å². The molecule has 0 radical (unpaired) electrons. The Morgan fingerprint density at radius 3 is 2.39 bits per heavy atom. The summed E-state index contributed by atoms with van der Waals surface area (Å²) in [6, 6.07) is 1.23. The summed E-state index contributed by atoms with van der Waals surface area (Å²) in [7, 11) is 0. The van der Waals surface area contributed by atoms with E-state index < -0.39 is 17.5 Å². The van der Waals surface area contributed by atoms with Crippen molar-refractivity contribution in [1.82, 2.24) is 0 Å². The number of anilines is 1. The molecule has 0 aliphatic rings. The third-order valence-electron chi connectivity index (χ3n) is 2.30. The van der Waals surface area contributed by atoms with Crippen LogP contribution in [0, 0.1) is 17.5 Å². The molecule has 0 bridgehead atoms. The van der Waals surface area contributed by atoms with Gasteiger partial charge in [-0.05, 0) is 12.8 Å². The van der Waals surface area contributed by atoms with Crippen LogP contribution in [0.4, 0.5) is 18.9 Å². The standard InChI is InChI=1S/C11H14F3N3O/c12-7-5-8(13)11(9(14)6-7)16-4-2-1-3-10(15)17-18/h5-6,16,18H,1-4H2,(H2,15,17). The molecule has 0 fully saturated rings. The molecule has 4 N–H and O–H groups in total. The normalized spacial score (nSPS) is 11.6. The maximum Gasteiger partial charge on any atom is 0.152 e. The van der Waals surface area contributed by atoms with Crippen LogP contribution in [0.3, 0.4) is 0 Å². The van der Waals surface area contributed by atoms with Gasteiger partial charge in [0, 0.05) is 25.1 Å². The Labute approximate surface area is 102 Å². The summed E-state index contributed by atoms with van der Waals surface area (Å²) in [5.41, 5.74) is 4.90. The van der Waals surface area contributed by atoms with Gasteiger partial charge in [0.25, 0.3) is 0 Å². The van der Waals surface area contributed by atoms with Gasteiger partial charge in [0.1, 0.15) is 17.3 Å². The van der Waals surface area contributed by atoms with Crippen LogP contribution < -0.4 is 11.1 Å². The fourth-order valence-electron chi connectivity index (χ4n) is 1.41. The summed E-state index contributed by atoms with van der Waals surface area (Å²) in [5, 5.41) is 13.6. The van der Waals surface area contributed by atoms with Crippen molar-refractivity contribution in [3.05, 3.63) is 29.6 Å². The smallest absolute Gasteiger partial charge is 0.152 e. The van der Waals surface area contributed by atoms with Crippen molar-refractivity contribution >= 4 is 11.5 Å². The number of nitrogens with one attached hydrogen (secondary N) is 1. The van der Waals surface area contributed by atoms with E-state index in [9.17, 15) is 13.2 Å². The summed E-state index contributed by atoms with van der Waals surface area (Å²) in [5.74, 6) is -2.79. The minimum Gasteiger partial charge on any atom is -0.409 e. The molecule has 0 spiro atoms. The summed E-state index contributed by atoms with van der Waals surface area (Å²) >= 11 is 0. The van der Waals surface area contributed by atoms with Gasteiger partial charge in [0.2, 0.25) is 0 Å². The maximum absolute atomic E-state index is 13.2. The number of hydrogen-bond donors (Lipinski definition) is 3. The van der Waals surface area contributed by atoms with E-state index in [1.807, 2.05) is 0 Å². The first-order chi connectivity index (χ1) is 8.54. The molecule has 0 heterocycles. The van der Waals surface area contributed by atoms with Crippen LogP contribution >= 0.6 is 0 Å². The number of rotatable bonds is 6. The average Bonchev–Trinajstić information content (AvgIpc) is 2.31. The van der Waals surface area contributed by atoms with E-state index in [1.165, 1.54) is 0 Å². The van der Waals surface area contributed by atoms with E-state index in [0.717, 1.165) is 0 Å². The molecule has 7 heteroatoms. The SMILES string of the molecule is NC(CCCCNc1c(F)cc(F)cc1F)=NO. The second-order valence-corrected chi connectivity index (χ2v) is 3.72. The van der Waals surface area contributed by atoms with Gasteiger partial charge in [-0.25, -0.2) is 13.2 Å². The van der Waals surface area contributed by atoms with Crippen LogP contribution in [0.25, 0.3) is 0 Å². The van der Waals surface area contributed by atoms with E-state index in [-0.39, 0.29) is 11.5 Å².